The summed E-state index contributed by atoms with van der Waals surface area (Å²) in [6, 6.07) is 20.4. The van der Waals surface area contributed by atoms with Crippen LogP contribution in [-0.2, 0) is 6.61 Å². The number of carbonyl (C=O) groups is 1. The van der Waals surface area contributed by atoms with Crippen LogP contribution >= 0.6 is 11.6 Å². The zero-order valence-corrected chi connectivity index (χ0v) is 15.9. The van der Waals surface area contributed by atoms with Gasteiger partial charge >= 0.3 is 0 Å². The minimum Gasteiger partial charge on any atom is -0.488 e. The van der Waals surface area contributed by atoms with Gasteiger partial charge in [-0.15, -0.1) is 0 Å². The summed E-state index contributed by atoms with van der Waals surface area (Å²) in [5.74, 6) is -0.104. The van der Waals surface area contributed by atoms with Crippen LogP contribution in [0.25, 0.3) is 0 Å². The molecule has 0 aliphatic heterocycles. The van der Waals surface area contributed by atoms with Crippen molar-refractivity contribution in [2.75, 3.05) is 0 Å². The Balaban J connectivity index is 1.71. The Hall–Kier alpha value is -3.71. The predicted octanol–water partition coefficient (Wildman–Crippen LogP) is 4.59. The summed E-state index contributed by atoms with van der Waals surface area (Å²) in [4.78, 5) is 23.0. The lowest BCUT2D eigenvalue weighted by molar-refractivity contribution is -0.385. The highest BCUT2D eigenvalue weighted by atomic mass is 35.5. The maximum absolute atomic E-state index is 12.5. The van der Waals surface area contributed by atoms with Crippen molar-refractivity contribution >= 4 is 29.4 Å². The van der Waals surface area contributed by atoms with E-state index in [-0.39, 0.29) is 11.3 Å². The first kappa shape index (κ1) is 20.0. The van der Waals surface area contributed by atoms with Gasteiger partial charge in [0.25, 0.3) is 11.6 Å². The van der Waals surface area contributed by atoms with E-state index in [0.717, 1.165) is 5.56 Å². The molecule has 0 aliphatic rings. The van der Waals surface area contributed by atoms with Crippen LogP contribution in [0, 0.1) is 10.1 Å². The molecular formula is C21H16ClN3O4. The third-order valence-electron chi connectivity index (χ3n) is 3.92. The molecule has 1 amide bonds. The van der Waals surface area contributed by atoms with Crippen molar-refractivity contribution < 1.29 is 14.5 Å². The summed E-state index contributed by atoms with van der Waals surface area (Å²) in [6.45, 7) is 0.309. The van der Waals surface area contributed by atoms with Crippen LogP contribution in [0.3, 0.4) is 0 Å². The molecular weight excluding hydrogens is 394 g/mol. The number of nitro benzene ring substituents is 1. The number of ether oxygens (including phenoxy) is 1. The molecule has 0 radical (unpaired) electrons. The largest absolute Gasteiger partial charge is 0.488 e. The highest BCUT2D eigenvalue weighted by Gasteiger charge is 2.14. The van der Waals surface area contributed by atoms with Gasteiger partial charge in [0, 0.05) is 11.1 Å². The summed E-state index contributed by atoms with van der Waals surface area (Å²) < 4.78 is 5.76. The molecule has 0 aliphatic carbocycles. The molecule has 0 fully saturated rings. The first-order valence-corrected chi connectivity index (χ1v) is 8.95. The number of benzene rings is 3. The van der Waals surface area contributed by atoms with Gasteiger partial charge in [0.15, 0.2) is 0 Å². The van der Waals surface area contributed by atoms with E-state index in [9.17, 15) is 14.9 Å². The Morgan fingerprint density at radius 3 is 2.59 bits per heavy atom. The Morgan fingerprint density at radius 2 is 1.83 bits per heavy atom. The molecule has 3 rings (SSSR count). The standard InChI is InChI=1S/C21H16ClN3O4/c22-17-10-11-19(25(27)28)16(12-17)13-23-24-21(26)18-8-4-5-9-20(18)29-14-15-6-2-1-3-7-15/h1-13H,14H2,(H,24,26). The lowest BCUT2D eigenvalue weighted by atomic mass is 10.2. The normalized spacial score (nSPS) is 10.7. The third kappa shape index (κ3) is 5.40. The molecule has 0 atom stereocenters. The van der Waals surface area contributed by atoms with Crippen LogP contribution < -0.4 is 10.2 Å². The summed E-state index contributed by atoms with van der Waals surface area (Å²) in [5, 5.41) is 15.2. The fourth-order valence-corrected chi connectivity index (χ4v) is 2.71. The molecule has 0 saturated heterocycles. The smallest absolute Gasteiger partial charge is 0.278 e. The lowest BCUT2D eigenvalue weighted by Gasteiger charge is -2.10. The van der Waals surface area contributed by atoms with Gasteiger partial charge in [-0.3, -0.25) is 14.9 Å². The van der Waals surface area contributed by atoms with Gasteiger partial charge in [0.05, 0.1) is 22.3 Å². The van der Waals surface area contributed by atoms with Gasteiger partial charge in [0.2, 0.25) is 0 Å². The number of amides is 1. The Labute approximate surface area is 171 Å². The average molecular weight is 410 g/mol. The molecule has 1 N–H and O–H groups in total. The first-order chi connectivity index (χ1) is 14.0. The Bertz CT molecular complexity index is 1050. The second kappa shape index (κ2) is 9.48. The van der Waals surface area contributed by atoms with E-state index in [2.05, 4.69) is 10.5 Å². The second-order valence-electron chi connectivity index (χ2n) is 5.93. The van der Waals surface area contributed by atoms with Crippen molar-refractivity contribution in [2.24, 2.45) is 5.10 Å². The van der Waals surface area contributed by atoms with Crippen molar-refractivity contribution in [3.8, 4) is 5.75 Å². The van der Waals surface area contributed by atoms with Gasteiger partial charge in [-0.05, 0) is 29.8 Å². The zero-order valence-electron chi connectivity index (χ0n) is 15.1. The van der Waals surface area contributed by atoms with Crippen LogP contribution in [0.4, 0.5) is 5.69 Å². The highest BCUT2D eigenvalue weighted by Crippen LogP contribution is 2.21. The molecule has 0 spiro atoms. The molecule has 8 heteroatoms. The second-order valence-corrected chi connectivity index (χ2v) is 6.37. The Morgan fingerprint density at radius 1 is 1.10 bits per heavy atom. The molecule has 3 aromatic rings. The molecule has 3 aromatic carbocycles. The van der Waals surface area contributed by atoms with Gasteiger partial charge < -0.3 is 4.74 Å². The molecule has 7 nitrogen and oxygen atoms in total. The van der Waals surface area contributed by atoms with E-state index in [1.54, 1.807) is 24.3 Å². The molecule has 146 valence electrons. The van der Waals surface area contributed by atoms with Crippen molar-refractivity contribution in [2.45, 2.75) is 6.61 Å². The number of nitro groups is 1. The van der Waals surface area contributed by atoms with E-state index in [4.69, 9.17) is 16.3 Å². The van der Waals surface area contributed by atoms with E-state index < -0.39 is 10.8 Å². The van der Waals surface area contributed by atoms with Crippen molar-refractivity contribution in [1.29, 1.82) is 0 Å². The number of nitrogens with zero attached hydrogens (tertiary/aromatic N) is 2. The SMILES string of the molecule is O=C(NN=Cc1cc(Cl)ccc1[N+](=O)[O-])c1ccccc1OCc1ccccc1. The van der Waals surface area contributed by atoms with Crippen molar-refractivity contribution in [3.63, 3.8) is 0 Å². The van der Waals surface area contributed by atoms with Crippen LogP contribution in [0.1, 0.15) is 21.5 Å². The molecule has 0 heterocycles. The van der Waals surface area contributed by atoms with Gasteiger partial charge in [-0.2, -0.15) is 5.10 Å². The van der Waals surface area contributed by atoms with Gasteiger partial charge in [-0.1, -0.05) is 54.1 Å². The number of para-hydroxylation sites is 1. The van der Waals surface area contributed by atoms with Crippen molar-refractivity contribution in [1.82, 2.24) is 5.43 Å². The van der Waals surface area contributed by atoms with E-state index >= 15 is 0 Å². The minimum absolute atomic E-state index is 0.168. The molecule has 0 saturated carbocycles. The quantitative estimate of drug-likeness (QED) is 0.351. The van der Waals surface area contributed by atoms with Crippen LogP contribution in [0.2, 0.25) is 5.02 Å². The number of carbonyl (C=O) groups excluding carboxylic acids is 1. The zero-order chi connectivity index (χ0) is 20.6. The van der Waals surface area contributed by atoms with E-state index in [0.29, 0.717) is 22.9 Å². The summed E-state index contributed by atoms with van der Waals surface area (Å²) in [5.41, 5.74) is 3.63. The maximum atomic E-state index is 12.5. The van der Waals surface area contributed by atoms with E-state index in [1.807, 2.05) is 30.3 Å². The monoisotopic (exact) mass is 409 g/mol. The highest BCUT2D eigenvalue weighted by molar-refractivity contribution is 6.31. The topological polar surface area (TPSA) is 93.8 Å². The molecule has 0 aromatic heterocycles. The number of halogens is 1. The van der Waals surface area contributed by atoms with Gasteiger partial charge in [0.1, 0.15) is 12.4 Å². The van der Waals surface area contributed by atoms with Crippen LogP contribution in [0.15, 0.2) is 77.9 Å². The first-order valence-electron chi connectivity index (χ1n) is 8.57. The summed E-state index contributed by atoms with van der Waals surface area (Å²) in [6.07, 6.45) is 1.18. The molecule has 29 heavy (non-hydrogen) atoms. The summed E-state index contributed by atoms with van der Waals surface area (Å²) >= 11 is 5.88. The number of hydrazone groups is 1. The Kier molecular flexibility index (Phi) is 6.55. The molecule has 0 unspecified atom stereocenters. The summed E-state index contributed by atoms with van der Waals surface area (Å²) in [7, 11) is 0. The number of nitrogens with one attached hydrogen (secondary N) is 1. The van der Waals surface area contributed by atoms with Gasteiger partial charge in [-0.25, -0.2) is 5.43 Å². The minimum atomic E-state index is -0.549. The predicted molar refractivity (Wildman–Crippen MR) is 110 cm³/mol. The number of hydrogen-bond acceptors (Lipinski definition) is 5. The van der Waals surface area contributed by atoms with Crippen molar-refractivity contribution in [3.05, 3.63) is 105 Å². The molecule has 0 bridgehead atoms. The fraction of sp³-hybridized carbons (Fsp3) is 0.0476. The maximum Gasteiger partial charge on any atom is 0.278 e. The van der Waals surface area contributed by atoms with Crippen LogP contribution in [0.5, 0.6) is 5.75 Å². The number of rotatable bonds is 7. The fourth-order valence-electron chi connectivity index (χ4n) is 2.53. The third-order valence-corrected chi connectivity index (χ3v) is 4.16. The lowest BCUT2D eigenvalue weighted by Crippen LogP contribution is -2.18. The average Bonchev–Trinajstić information content (AvgIpc) is 2.73. The van der Waals surface area contributed by atoms with E-state index in [1.165, 1.54) is 24.4 Å². The van der Waals surface area contributed by atoms with Crippen LogP contribution in [-0.4, -0.2) is 17.0 Å². The number of hydrogen-bond donors (Lipinski definition) is 1.